The Morgan fingerprint density at radius 2 is 2.06 bits per heavy atom. The molecule has 2 aromatic heterocycles. The van der Waals surface area contributed by atoms with Crippen LogP contribution in [0.4, 0.5) is 0 Å². The smallest absolute Gasteiger partial charge is 0.228 e. The Morgan fingerprint density at radius 1 is 1.17 bits per heavy atom. The zero-order valence-corrected chi connectivity index (χ0v) is 10.1. The molecule has 3 aromatic rings. The van der Waals surface area contributed by atoms with Crippen molar-refractivity contribution in [2.45, 2.75) is 13.5 Å². The second-order valence-corrected chi connectivity index (χ2v) is 4.20. The lowest BCUT2D eigenvalue weighted by molar-refractivity contribution is 0.619. The third-order valence-corrected chi connectivity index (χ3v) is 2.80. The number of hydrogen-bond donors (Lipinski definition) is 1. The number of benzene rings is 1. The zero-order chi connectivity index (χ0) is 12.5. The molecule has 2 heterocycles. The molecule has 0 atom stereocenters. The van der Waals surface area contributed by atoms with Crippen molar-refractivity contribution in [1.82, 2.24) is 9.97 Å². The number of hydrogen-bond acceptors (Lipinski definition) is 4. The molecule has 0 aliphatic rings. The molecule has 3 rings (SSSR count). The number of aryl methyl sites for hydroxylation is 1. The second kappa shape index (κ2) is 4.23. The third kappa shape index (κ3) is 1.87. The van der Waals surface area contributed by atoms with Crippen LogP contribution < -0.4 is 5.73 Å². The van der Waals surface area contributed by atoms with Crippen LogP contribution in [0.25, 0.3) is 22.7 Å². The molecular weight excluding hydrogens is 226 g/mol. The molecule has 0 fully saturated rings. The molecule has 0 saturated heterocycles. The Hall–Kier alpha value is -2.20. The van der Waals surface area contributed by atoms with Gasteiger partial charge >= 0.3 is 0 Å². The number of nitrogens with zero attached hydrogens (tertiary/aromatic N) is 2. The molecular formula is C14H13N3O. The lowest BCUT2D eigenvalue weighted by atomic mass is 10.1. The van der Waals surface area contributed by atoms with E-state index in [1.54, 1.807) is 0 Å². The van der Waals surface area contributed by atoms with E-state index in [0.29, 0.717) is 23.7 Å². The first-order valence-corrected chi connectivity index (χ1v) is 5.80. The van der Waals surface area contributed by atoms with E-state index in [-0.39, 0.29) is 0 Å². The first-order chi connectivity index (χ1) is 8.76. The van der Waals surface area contributed by atoms with Gasteiger partial charge in [-0.15, -0.1) is 0 Å². The van der Waals surface area contributed by atoms with Crippen LogP contribution in [0.2, 0.25) is 0 Å². The van der Waals surface area contributed by atoms with E-state index in [0.717, 1.165) is 16.8 Å². The molecule has 0 radical (unpaired) electrons. The van der Waals surface area contributed by atoms with Gasteiger partial charge in [0, 0.05) is 17.8 Å². The van der Waals surface area contributed by atoms with Gasteiger partial charge in [0.2, 0.25) is 5.89 Å². The minimum absolute atomic E-state index is 0.505. The third-order valence-electron chi connectivity index (χ3n) is 2.80. The molecule has 0 spiro atoms. The number of oxazole rings is 1. The molecule has 2 N–H and O–H groups in total. The summed E-state index contributed by atoms with van der Waals surface area (Å²) >= 11 is 0. The van der Waals surface area contributed by atoms with E-state index in [1.165, 1.54) is 0 Å². The van der Waals surface area contributed by atoms with E-state index in [1.807, 2.05) is 43.3 Å². The summed E-state index contributed by atoms with van der Waals surface area (Å²) in [5, 5.41) is 0. The van der Waals surface area contributed by atoms with Gasteiger partial charge in [0.25, 0.3) is 0 Å². The minimum Gasteiger partial charge on any atom is -0.434 e. The van der Waals surface area contributed by atoms with Crippen LogP contribution in [-0.2, 0) is 6.54 Å². The Bertz CT molecular complexity index is 703. The summed E-state index contributed by atoms with van der Waals surface area (Å²) in [7, 11) is 0. The number of aromatic nitrogens is 2. The normalized spacial score (nSPS) is 11.0. The molecule has 0 aliphatic carbocycles. The highest BCUT2D eigenvalue weighted by Crippen LogP contribution is 2.24. The number of pyridine rings is 1. The second-order valence-electron chi connectivity index (χ2n) is 4.20. The summed E-state index contributed by atoms with van der Waals surface area (Å²) in [6.45, 7) is 2.44. The average molecular weight is 239 g/mol. The fourth-order valence-electron chi connectivity index (χ4n) is 1.87. The van der Waals surface area contributed by atoms with Gasteiger partial charge in [-0.1, -0.05) is 12.1 Å². The first-order valence-electron chi connectivity index (χ1n) is 5.80. The van der Waals surface area contributed by atoms with Crippen molar-refractivity contribution in [2.75, 3.05) is 0 Å². The molecule has 0 unspecified atom stereocenters. The van der Waals surface area contributed by atoms with Crippen LogP contribution in [0.3, 0.4) is 0 Å². The summed E-state index contributed by atoms with van der Waals surface area (Å²) in [6.07, 6.45) is 0. The SMILES string of the molecule is Cc1ccc2oc(-c3cccc(CN)c3)nc2n1. The maximum absolute atomic E-state index is 5.69. The molecule has 4 heteroatoms. The molecule has 90 valence electrons. The van der Waals surface area contributed by atoms with Crippen LogP contribution in [0.5, 0.6) is 0 Å². The molecule has 0 amide bonds. The fraction of sp³-hybridized carbons (Fsp3) is 0.143. The predicted octanol–water partition coefficient (Wildman–Crippen LogP) is 2.66. The molecule has 0 saturated carbocycles. The van der Waals surface area contributed by atoms with E-state index in [9.17, 15) is 0 Å². The Labute approximate surface area is 104 Å². The lowest BCUT2D eigenvalue weighted by Crippen LogP contribution is -1.95. The number of nitrogens with two attached hydrogens (primary N) is 1. The molecule has 4 nitrogen and oxygen atoms in total. The van der Waals surface area contributed by atoms with Crippen LogP contribution in [0.1, 0.15) is 11.3 Å². The van der Waals surface area contributed by atoms with Gasteiger partial charge in [-0.25, -0.2) is 4.98 Å². The fourth-order valence-corrected chi connectivity index (χ4v) is 1.87. The highest BCUT2D eigenvalue weighted by atomic mass is 16.3. The maximum atomic E-state index is 5.69. The van der Waals surface area contributed by atoms with Crippen molar-refractivity contribution in [1.29, 1.82) is 0 Å². The summed E-state index contributed by atoms with van der Waals surface area (Å²) in [5.41, 5.74) is 9.88. The topological polar surface area (TPSA) is 64.9 Å². The average Bonchev–Trinajstić information content (AvgIpc) is 2.81. The highest BCUT2D eigenvalue weighted by Gasteiger charge is 2.09. The Morgan fingerprint density at radius 3 is 2.89 bits per heavy atom. The monoisotopic (exact) mass is 239 g/mol. The van der Waals surface area contributed by atoms with Crippen LogP contribution in [-0.4, -0.2) is 9.97 Å². The van der Waals surface area contributed by atoms with E-state index < -0.39 is 0 Å². The van der Waals surface area contributed by atoms with Gasteiger partial charge in [0.05, 0.1) is 0 Å². The van der Waals surface area contributed by atoms with Crippen LogP contribution in [0, 0.1) is 6.92 Å². The summed E-state index contributed by atoms with van der Waals surface area (Å²) in [5.74, 6) is 0.582. The van der Waals surface area contributed by atoms with E-state index in [2.05, 4.69) is 9.97 Å². The van der Waals surface area contributed by atoms with Crippen LogP contribution >= 0.6 is 0 Å². The van der Waals surface area contributed by atoms with E-state index in [4.69, 9.17) is 10.2 Å². The van der Waals surface area contributed by atoms with Crippen molar-refractivity contribution in [3.05, 3.63) is 47.7 Å². The van der Waals surface area contributed by atoms with Crippen molar-refractivity contribution >= 4 is 11.2 Å². The highest BCUT2D eigenvalue weighted by molar-refractivity contribution is 5.72. The zero-order valence-electron chi connectivity index (χ0n) is 10.1. The Balaban J connectivity index is 2.13. The molecule has 0 aliphatic heterocycles. The number of rotatable bonds is 2. The van der Waals surface area contributed by atoms with Gasteiger partial charge in [0.1, 0.15) is 0 Å². The van der Waals surface area contributed by atoms with Crippen molar-refractivity contribution in [3.8, 4) is 11.5 Å². The first kappa shape index (κ1) is 10.9. The molecule has 0 bridgehead atoms. The number of fused-ring (bicyclic) bond motifs is 1. The molecule has 1 aromatic carbocycles. The lowest BCUT2D eigenvalue weighted by Gasteiger charge is -1.98. The van der Waals surface area contributed by atoms with Crippen molar-refractivity contribution in [2.24, 2.45) is 5.73 Å². The summed E-state index contributed by atoms with van der Waals surface area (Å²) < 4.78 is 5.69. The summed E-state index contributed by atoms with van der Waals surface area (Å²) in [4.78, 5) is 8.74. The van der Waals surface area contributed by atoms with Gasteiger partial charge in [-0.05, 0) is 36.8 Å². The largest absolute Gasteiger partial charge is 0.434 e. The van der Waals surface area contributed by atoms with Gasteiger partial charge in [-0.2, -0.15) is 4.98 Å². The van der Waals surface area contributed by atoms with Gasteiger partial charge in [-0.3, -0.25) is 0 Å². The van der Waals surface area contributed by atoms with Crippen molar-refractivity contribution < 1.29 is 4.42 Å². The van der Waals surface area contributed by atoms with E-state index >= 15 is 0 Å². The van der Waals surface area contributed by atoms with Gasteiger partial charge < -0.3 is 10.2 Å². The minimum atomic E-state index is 0.505. The molecule has 18 heavy (non-hydrogen) atoms. The summed E-state index contributed by atoms with van der Waals surface area (Å²) in [6, 6.07) is 11.7. The predicted molar refractivity (Wildman–Crippen MR) is 69.9 cm³/mol. The van der Waals surface area contributed by atoms with Gasteiger partial charge in [0.15, 0.2) is 11.2 Å². The van der Waals surface area contributed by atoms with Crippen LogP contribution in [0.15, 0.2) is 40.8 Å². The Kier molecular flexibility index (Phi) is 2.57. The van der Waals surface area contributed by atoms with Crippen molar-refractivity contribution in [3.63, 3.8) is 0 Å². The quantitative estimate of drug-likeness (QED) is 0.746. The maximum Gasteiger partial charge on any atom is 0.228 e. The standard InChI is InChI=1S/C14H13N3O/c1-9-5-6-12-13(16-9)17-14(18-12)11-4-2-3-10(7-11)8-15/h2-7H,8,15H2,1H3.